The number of nitrogen functional groups attached to an aromatic ring is 1. The van der Waals surface area contributed by atoms with Crippen LogP contribution in [0.5, 0.6) is 17.2 Å². The second-order valence-electron chi connectivity index (χ2n) is 2.67. The van der Waals surface area contributed by atoms with E-state index in [9.17, 15) is 5.11 Å². The number of phenols is 1. The third-order valence-electron chi connectivity index (χ3n) is 1.92. The molecular weight excluding hydrogens is 170 g/mol. The number of hydrogen-bond acceptors (Lipinski definition) is 4. The van der Waals surface area contributed by atoms with Crippen LogP contribution in [0.1, 0.15) is 5.56 Å². The fourth-order valence-electron chi connectivity index (χ4n) is 1.22. The van der Waals surface area contributed by atoms with Crippen LogP contribution in [0.2, 0.25) is 0 Å². The van der Waals surface area contributed by atoms with Crippen LogP contribution in [-0.4, -0.2) is 19.3 Å². The Morgan fingerprint density at radius 3 is 2.38 bits per heavy atom. The Morgan fingerprint density at radius 1 is 1.31 bits per heavy atom. The Labute approximate surface area is 76.9 Å². The van der Waals surface area contributed by atoms with Gasteiger partial charge >= 0.3 is 0 Å². The van der Waals surface area contributed by atoms with E-state index in [-0.39, 0.29) is 11.4 Å². The average molecular weight is 183 g/mol. The molecule has 0 fully saturated rings. The van der Waals surface area contributed by atoms with Gasteiger partial charge in [0.1, 0.15) is 17.2 Å². The molecule has 0 saturated heterocycles. The summed E-state index contributed by atoms with van der Waals surface area (Å²) in [5.41, 5.74) is 6.60. The molecule has 0 saturated carbocycles. The molecular formula is C9H13NO3. The lowest BCUT2D eigenvalue weighted by molar-refractivity contribution is 0.382. The number of rotatable bonds is 2. The predicted molar refractivity (Wildman–Crippen MR) is 50.4 cm³/mol. The Kier molecular flexibility index (Phi) is 2.51. The van der Waals surface area contributed by atoms with Crippen LogP contribution in [-0.2, 0) is 0 Å². The fraction of sp³-hybridized carbons (Fsp3) is 0.333. The molecule has 3 N–H and O–H groups in total. The highest BCUT2D eigenvalue weighted by atomic mass is 16.5. The predicted octanol–water partition coefficient (Wildman–Crippen LogP) is 1.30. The molecule has 0 bridgehead atoms. The van der Waals surface area contributed by atoms with Crippen LogP contribution >= 0.6 is 0 Å². The summed E-state index contributed by atoms with van der Waals surface area (Å²) in [7, 11) is 3.02. The van der Waals surface area contributed by atoms with Gasteiger partial charge in [-0.3, -0.25) is 0 Å². The molecule has 0 aliphatic heterocycles. The first kappa shape index (κ1) is 9.51. The van der Waals surface area contributed by atoms with Crippen molar-refractivity contribution in [2.24, 2.45) is 0 Å². The summed E-state index contributed by atoms with van der Waals surface area (Å²) in [6.45, 7) is 1.81. The number of nitrogens with two attached hydrogens (primary N) is 1. The summed E-state index contributed by atoms with van der Waals surface area (Å²) in [5, 5.41) is 9.38. The maximum Gasteiger partial charge on any atom is 0.152 e. The first-order valence-electron chi connectivity index (χ1n) is 3.81. The number of phenolic OH excluding ortho intramolecular Hbond substituents is 1. The number of benzene rings is 1. The topological polar surface area (TPSA) is 64.7 Å². The molecule has 4 nitrogen and oxygen atoms in total. The molecule has 0 aliphatic rings. The highest BCUT2D eigenvalue weighted by Crippen LogP contribution is 2.39. The third-order valence-corrected chi connectivity index (χ3v) is 1.92. The lowest BCUT2D eigenvalue weighted by Gasteiger charge is -2.13. The molecule has 13 heavy (non-hydrogen) atoms. The van der Waals surface area contributed by atoms with Gasteiger partial charge in [-0.1, -0.05) is 0 Å². The van der Waals surface area contributed by atoms with E-state index in [1.54, 1.807) is 0 Å². The van der Waals surface area contributed by atoms with Crippen molar-refractivity contribution in [3.63, 3.8) is 0 Å². The van der Waals surface area contributed by atoms with Crippen molar-refractivity contribution in [3.05, 3.63) is 11.6 Å². The summed E-state index contributed by atoms with van der Waals surface area (Å²) < 4.78 is 10.1. The summed E-state index contributed by atoms with van der Waals surface area (Å²) in [6, 6.07) is 1.47. The number of aromatic hydroxyl groups is 1. The standard InChI is InChI=1S/C9H13NO3/c1-5-7(12-2)4-6(11)8(10)9(5)13-3/h4,11H,10H2,1-3H3. The van der Waals surface area contributed by atoms with Gasteiger partial charge in [0, 0.05) is 11.6 Å². The molecule has 0 spiro atoms. The van der Waals surface area contributed by atoms with E-state index in [0.717, 1.165) is 5.56 Å². The molecule has 1 rings (SSSR count). The first-order valence-corrected chi connectivity index (χ1v) is 3.81. The van der Waals surface area contributed by atoms with Gasteiger partial charge in [-0.05, 0) is 6.92 Å². The van der Waals surface area contributed by atoms with E-state index >= 15 is 0 Å². The van der Waals surface area contributed by atoms with Crippen molar-refractivity contribution < 1.29 is 14.6 Å². The van der Waals surface area contributed by atoms with Crippen LogP contribution in [0.15, 0.2) is 6.07 Å². The van der Waals surface area contributed by atoms with Gasteiger partial charge in [-0.15, -0.1) is 0 Å². The summed E-state index contributed by atoms with van der Waals surface area (Å²) in [6.07, 6.45) is 0. The lowest BCUT2D eigenvalue weighted by atomic mass is 10.1. The lowest BCUT2D eigenvalue weighted by Crippen LogP contribution is -1.98. The van der Waals surface area contributed by atoms with E-state index in [1.165, 1.54) is 20.3 Å². The summed E-state index contributed by atoms with van der Waals surface area (Å²) >= 11 is 0. The minimum absolute atomic E-state index is 0.0284. The van der Waals surface area contributed by atoms with Gasteiger partial charge in [0.15, 0.2) is 5.75 Å². The molecule has 0 unspecified atom stereocenters. The molecule has 1 aromatic rings. The molecule has 0 heterocycles. The SMILES string of the molecule is COc1cc(O)c(N)c(OC)c1C. The smallest absolute Gasteiger partial charge is 0.152 e. The maximum atomic E-state index is 9.38. The van der Waals surface area contributed by atoms with Crippen molar-refractivity contribution in [2.45, 2.75) is 6.92 Å². The first-order chi connectivity index (χ1) is 6.11. The van der Waals surface area contributed by atoms with Gasteiger partial charge in [-0.25, -0.2) is 0 Å². The third kappa shape index (κ3) is 1.47. The molecule has 0 aliphatic carbocycles. The number of hydrogen-bond donors (Lipinski definition) is 2. The summed E-state index contributed by atoms with van der Waals surface area (Å²) in [4.78, 5) is 0. The quantitative estimate of drug-likeness (QED) is 0.535. The zero-order valence-electron chi connectivity index (χ0n) is 7.92. The van der Waals surface area contributed by atoms with Crippen molar-refractivity contribution in [2.75, 3.05) is 20.0 Å². The van der Waals surface area contributed by atoms with Crippen molar-refractivity contribution in [3.8, 4) is 17.2 Å². The maximum absolute atomic E-state index is 9.38. The molecule has 4 heteroatoms. The van der Waals surface area contributed by atoms with Crippen LogP contribution < -0.4 is 15.2 Å². The second kappa shape index (κ2) is 3.43. The van der Waals surface area contributed by atoms with E-state index in [2.05, 4.69) is 0 Å². The highest BCUT2D eigenvalue weighted by molar-refractivity contribution is 5.69. The number of anilines is 1. The van der Waals surface area contributed by atoms with E-state index in [0.29, 0.717) is 11.5 Å². The van der Waals surface area contributed by atoms with Crippen molar-refractivity contribution >= 4 is 5.69 Å². The van der Waals surface area contributed by atoms with Gasteiger partial charge < -0.3 is 20.3 Å². The molecule has 0 atom stereocenters. The summed E-state index contributed by atoms with van der Waals surface area (Å²) in [5.74, 6) is 0.986. The van der Waals surface area contributed by atoms with Crippen LogP contribution in [0.3, 0.4) is 0 Å². The largest absolute Gasteiger partial charge is 0.506 e. The normalized spacial score (nSPS) is 9.77. The molecule has 0 aromatic heterocycles. The number of methoxy groups -OCH3 is 2. The monoisotopic (exact) mass is 183 g/mol. The van der Waals surface area contributed by atoms with Crippen LogP contribution in [0, 0.1) is 6.92 Å². The van der Waals surface area contributed by atoms with Gasteiger partial charge in [0.25, 0.3) is 0 Å². The van der Waals surface area contributed by atoms with Crippen LogP contribution in [0.25, 0.3) is 0 Å². The van der Waals surface area contributed by atoms with Crippen molar-refractivity contribution in [1.29, 1.82) is 0 Å². The average Bonchev–Trinajstić information content (AvgIpc) is 2.12. The zero-order valence-corrected chi connectivity index (χ0v) is 7.92. The molecule has 0 radical (unpaired) electrons. The Balaban J connectivity index is 3.39. The van der Waals surface area contributed by atoms with Crippen LogP contribution in [0.4, 0.5) is 5.69 Å². The minimum atomic E-state index is -0.0284. The van der Waals surface area contributed by atoms with E-state index in [1.807, 2.05) is 6.92 Å². The molecule has 72 valence electrons. The molecule has 1 aromatic carbocycles. The fourth-order valence-corrected chi connectivity index (χ4v) is 1.22. The van der Waals surface area contributed by atoms with E-state index < -0.39 is 0 Å². The van der Waals surface area contributed by atoms with Crippen molar-refractivity contribution in [1.82, 2.24) is 0 Å². The van der Waals surface area contributed by atoms with E-state index in [4.69, 9.17) is 15.2 Å². The van der Waals surface area contributed by atoms with Gasteiger partial charge in [-0.2, -0.15) is 0 Å². The Morgan fingerprint density at radius 2 is 1.92 bits per heavy atom. The highest BCUT2D eigenvalue weighted by Gasteiger charge is 2.13. The van der Waals surface area contributed by atoms with Gasteiger partial charge in [0.05, 0.1) is 14.2 Å². The molecule has 0 amide bonds. The Hall–Kier alpha value is -1.58. The Bertz CT molecular complexity index is 323. The zero-order chi connectivity index (χ0) is 10.0. The number of ether oxygens (including phenoxy) is 2. The second-order valence-corrected chi connectivity index (χ2v) is 2.67. The van der Waals surface area contributed by atoms with Gasteiger partial charge in [0.2, 0.25) is 0 Å². The minimum Gasteiger partial charge on any atom is -0.506 e.